The highest BCUT2D eigenvalue weighted by Gasteiger charge is 2.33. The molecule has 5 nitrogen and oxygen atoms in total. The zero-order valence-corrected chi connectivity index (χ0v) is 10.3. The van der Waals surface area contributed by atoms with Crippen LogP contribution in [-0.2, 0) is 4.74 Å². The third-order valence-corrected chi connectivity index (χ3v) is 2.85. The van der Waals surface area contributed by atoms with Gasteiger partial charge < -0.3 is 15.0 Å². The molecule has 0 spiro atoms. The van der Waals surface area contributed by atoms with Crippen LogP contribution in [0.2, 0.25) is 0 Å². The molecule has 0 radical (unpaired) electrons. The zero-order chi connectivity index (χ0) is 12.5. The molecule has 1 aliphatic heterocycles. The predicted molar refractivity (Wildman–Crippen MR) is 63.8 cm³/mol. The van der Waals surface area contributed by atoms with Crippen LogP contribution in [0.3, 0.4) is 0 Å². The van der Waals surface area contributed by atoms with E-state index in [4.69, 9.17) is 4.74 Å². The summed E-state index contributed by atoms with van der Waals surface area (Å²) in [5, 5.41) is 2.81. The average molecular weight is 240 g/mol. The molecule has 0 bridgehead atoms. The Labute approximate surface area is 100 Å². The maximum Gasteiger partial charge on any atom is 0.224 e. The first-order valence-corrected chi connectivity index (χ1v) is 5.60. The minimum absolute atomic E-state index is 0.265. The predicted octanol–water partition coefficient (Wildman–Crippen LogP) is 1.27. The van der Waals surface area contributed by atoms with Gasteiger partial charge in [0.05, 0.1) is 24.9 Å². The molecule has 2 heterocycles. The van der Waals surface area contributed by atoms with Crippen LogP contribution in [0, 0.1) is 5.82 Å². The summed E-state index contributed by atoms with van der Waals surface area (Å²) < 4.78 is 19.2. The van der Waals surface area contributed by atoms with Gasteiger partial charge in [-0.15, -0.1) is 0 Å². The maximum absolute atomic E-state index is 13.8. The van der Waals surface area contributed by atoms with Crippen molar-refractivity contribution in [1.29, 1.82) is 0 Å². The van der Waals surface area contributed by atoms with Gasteiger partial charge in [-0.25, -0.2) is 9.37 Å². The van der Waals surface area contributed by atoms with Crippen molar-refractivity contribution >= 4 is 11.8 Å². The molecular weight excluding hydrogens is 223 g/mol. The lowest BCUT2D eigenvalue weighted by Crippen LogP contribution is -2.53. The number of morpholine rings is 1. The molecule has 0 aliphatic carbocycles. The summed E-state index contributed by atoms with van der Waals surface area (Å²) in [5.74, 6) is 0.348. The lowest BCUT2D eigenvalue weighted by molar-refractivity contribution is 0.0634. The molecule has 0 unspecified atom stereocenters. The Kier molecular flexibility index (Phi) is 3.15. The van der Waals surface area contributed by atoms with E-state index in [-0.39, 0.29) is 5.54 Å². The van der Waals surface area contributed by atoms with Gasteiger partial charge in [-0.05, 0) is 13.8 Å². The van der Waals surface area contributed by atoms with Crippen LogP contribution < -0.4 is 10.2 Å². The van der Waals surface area contributed by atoms with E-state index < -0.39 is 5.82 Å². The van der Waals surface area contributed by atoms with Gasteiger partial charge in [0.1, 0.15) is 0 Å². The zero-order valence-electron chi connectivity index (χ0n) is 10.3. The van der Waals surface area contributed by atoms with E-state index >= 15 is 0 Å². The Morgan fingerprint density at radius 1 is 1.53 bits per heavy atom. The van der Waals surface area contributed by atoms with Crippen molar-refractivity contribution in [3.8, 4) is 0 Å². The standard InChI is InChI=1S/C11H17FN4O/c1-11(2)7-17-5-4-16(11)9-8(12)6-14-10(13-3)15-9/h6H,4-5,7H2,1-3H3,(H,13,14,15). The van der Waals surface area contributed by atoms with E-state index in [0.717, 1.165) is 0 Å². The molecule has 1 aliphatic rings. The van der Waals surface area contributed by atoms with Crippen molar-refractivity contribution in [2.45, 2.75) is 19.4 Å². The van der Waals surface area contributed by atoms with Gasteiger partial charge in [0.25, 0.3) is 0 Å². The average Bonchev–Trinajstić information content (AvgIpc) is 2.30. The third kappa shape index (κ3) is 2.31. The molecule has 1 saturated heterocycles. The van der Waals surface area contributed by atoms with Gasteiger partial charge in [0, 0.05) is 13.6 Å². The lowest BCUT2D eigenvalue weighted by Gasteiger charge is -2.42. The second kappa shape index (κ2) is 4.44. The van der Waals surface area contributed by atoms with Crippen LogP contribution in [0.25, 0.3) is 0 Å². The fourth-order valence-corrected chi connectivity index (χ4v) is 1.92. The van der Waals surface area contributed by atoms with Crippen LogP contribution in [0.4, 0.5) is 16.2 Å². The third-order valence-electron chi connectivity index (χ3n) is 2.85. The first-order valence-electron chi connectivity index (χ1n) is 5.60. The summed E-state index contributed by atoms with van der Waals surface area (Å²) in [4.78, 5) is 9.95. The highest BCUT2D eigenvalue weighted by atomic mass is 19.1. The Morgan fingerprint density at radius 2 is 2.29 bits per heavy atom. The molecule has 6 heteroatoms. The van der Waals surface area contributed by atoms with Crippen LogP contribution in [0.1, 0.15) is 13.8 Å². The summed E-state index contributed by atoms with van der Waals surface area (Å²) in [5.41, 5.74) is -0.265. The molecule has 94 valence electrons. The number of hydrogen-bond acceptors (Lipinski definition) is 5. The molecule has 17 heavy (non-hydrogen) atoms. The van der Waals surface area contributed by atoms with E-state index in [0.29, 0.717) is 31.5 Å². The first-order chi connectivity index (χ1) is 8.04. The van der Waals surface area contributed by atoms with Gasteiger partial charge in [-0.1, -0.05) is 0 Å². The quantitative estimate of drug-likeness (QED) is 0.843. The number of nitrogens with zero attached hydrogens (tertiary/aromatic N) is 3. The van der Waals surface area contributed by atoms with Gasteiger partial charge in [0.15, 0.2) is 11.6 Å². The monoisotopic (exact) mass is 240 g/mol. The van der Waals surface area contributed by atoms with Gasteiger partial charge in [-0.3, -0.25) is 0 Å². The Bertz CT molecular complexity index is 410. The fourth-order valence-electron chi connectivity index (χ4n) is 1.92. The molecule has 0 atom stereocenters. The summed E-state index contributed by atoms with van der Waals surface area (Å²) in [6.07, 6.45) is 1.19. The number of aromatic nitrogens is 2. The highest BCUT2D eigenvalue weighted by Crippen LogP contribution is 2.27. The lowest BCUT2D eigenvalue weighted by atomic mass is 10.0. The highest BCUT2D eigenvalue weighted by molar-refractivity contribution is 5.46. The van der Waals surface area contributed by atoms with E-state index in [1.807, 2.05) is 18.7 Å². The van der Waals surface area contributed by atoms with Crippen molar-refractivity contribution in [2.75, 3.05) is 37.0 Å². The normalized spacial score (nSPS) is 19.2. The van der Waals surface area contributed by atoms with Gasteiger partial charge in [0.2, 0.25) is 5.95 Å². The van der Waals surface area contributed by atoms with E-state index in [9.17, 15) is 4.39 Å². The van der Waals surface area contributed by atoms with Crippen LogP contribution in [0.15, 0.2) is 6.20 Å². The molecule has 0 amide bonds. The summed E-state index contributed by atoms with van der Waals surface area (Å²) in [7, 11) is 1.71. The largest absolute Gasteiger partial charge is 0.377 e. The van der Waals surface area contributed by atoms with Crippen LogP contribution in [-0.4, -0.2) is 42.3 Å². The number of rotatable bonds is 2. The van der Waals surface area contributed by atoms with Crippen molar-refractivity contribution < 1.29 is 9.13 Å². The molecule has 1 aromatic rings. The molecule has 0 aromatic carbocycles. The van der Waals surface area contributed by atoms with E-state index in [1.54, 1.807) is 7.05 Å². The van der Waals surface area contributed by atoms with Gasteiger partial charge in [-0.2, -0.15) is 4.98 Å². The second-order valence-electron chi connectivity index (χ2n) is 4.63. The molecule has 2 rings (SSSR count). The van der Waals surface area contributed by atoms with Crippen LogP contribution in [0.5, 0.6) is 0 Å². The number of halogens is 1. The van der Waals surface area contributed by atoms with E-state index in [2.05, 4.69) is 15.3 Å². The van der Waals surface area contributed by atoms with Crippen molar-refractivity contribution in [3.05, 3.63) is 12.0 Å². The minimum atomic E-state index is -0.404. The van der Waals surface area contributed by atoms with Crippen molar-refractivity contribution in [1.82, 2.24) is 9.97 Å². The summed E-state index contributed by atoms with van der Waals surface area (Å²) >= 11 is 0. The summed E-state index contributed by atoms with van der Waals surface area (Å²) in [6, 6.07) is 0. The molecule has 1 N–H and O–H groups in total. The second-order valence-corrected chi connectivity index (χ2v) is 4.63. The molecular formula is C11H17FN4O. The Balaban J connectivity index is 2.37. The Morgan fingerprint density at radius 3 is 2.94 bits per heavy atom. The van der Waals surface area contributed by atoms with Crippen molar-refractivity contribution in [3.63, 3.8) is 0 Å². The maximum atomic E-state index is 13.8. The molecule has 1 aromatic heterocycles. The topological polar surface area (TPSA) is 50.3 Å². The number of anilines is 2. The minimum Gasteiger partial charge on any atom is -0.377 e. The van der Waals surface area contributed by atoms with Gasteiger partial charge >= 0.3 is 0 Å². The summed E-state index contributed by atoms with van der Waals surface area (Å²) in [6.45, 7) is 5.79. The first kappa shape index (κ1) is 12.0. The fraction of sp³-hybridized carbons (Fsp3) is 0.636. The molecule has 0 saturated carbocycles. The molecule has 1 fully saturated rings. The van der Waals surface area contributed by atoms with E-state index in [1.165, 1.54) is 6.20 Å². The number of hydrogen-bond donors (Lipinski definition) is 1. The Hall–Kier alpha value is -1.43. The van der Waals surface area contributed by atoms with Crippen LogP contribution >= 0.6 is 0 Å². The number of nitrogens with one attached hydrogen (secondary N) is 1. The number of ether oxygens (including phenoxy) is 1. The smallest absolute Gasteiger partial charge is 0.224 e. The SMILES string of the molecule is CNc1ncc(F)c(N2CCOCC2(C)C)n1. The van der Waals surface area contributed by atoms with Crippen molar-refractivity contribution in [2.24, 2.45) is 0 Å².